The summed E-state index contributed by atoms with van der Waals surface area (Å²) in [7, 11) is 1.52. The maximum absolute atomic E-state index is 13.0. The fraction of sp³-hybridized carbons (Fsp3) is 0.120. The Labute approximate surface area is 216 Å². The van der Waals surface area contributed by atoms with Gasteiger partial charge < -0.3 is 4.74 Å². The van der Waals surface area contributed by atoms with E-state index < -0.39 is 0 Å². The second kappa shape index (κ2) is 10.7. The lowest BCUT2D eigenvalue weighted by molar-refractivity contribution is 0.101. The van der Waals surface area contributed by atoms with Crippen LogP contribution >= 0.6 is 23.4 Å². The molecule has 0 bridgehead atoms. The van der Waals surface area contributed by atoms with Gasteiger partial charge in [-0.15, -0.1) is 20.4 Å². The summed E-state index contributed by atoms with van der Waals surface area (Å²) in [6.45, 7) is 0.248. The Kier molecular flexibility index (Phi) is 7.06. The summed E-state index contributed by atoms with van der Waals surface area (Å²) in [6.07, 6.45) is 0. The Balaban J connectivity index is 1.41. The van der Waals surface area contributed by atoms with Crippen LogP contribution in [0.1, 0.15) is 16.2 Å². The number of tetrazole rings is 1. The molecule has 0 saturated carbocycles. The van der Waals surface area contributed by atoms with Gasteiger partial charge in [-0.25, -0.2) is 0 Å². The zero-order chi connectivity index (χ0) is 24.9. The first-order valence-corrected chi connectivity index (χ1v) is 12.3. The van der Waals surface area contributed by atoms with E-state index in [-0.39, 0.29) is 18.1 Å². The van der Waals surface area contributed by atoms with Crippen LogP contribution in [0, 0.1) is 0 Å². The number of hydrogen-bond acceptors (Lipinski definition) is 8. The van der Waals surface area contributed by atoms with Crippen molar-refractivity contribution in [1.82, 2.24) is 35.0 Å². The highest BCUT2D eigenvalue weighted by molar-refractivity contribution is 7.99. The molecule has 0 fully saturated rings. The molecule has 0 amide bonds. The van der Waals surface area contributed by atoms with E-state index >= 15 is 0 Å². The van der Waals surface area contributed by atoms with Crippen molar-refractivity contribution in [3.63, 3.8) is 0 Å². The summed E-state index contributed by atoms with van der Waals surface area (Å²) in [5.41, 5.74) is 2.15. The first kappa shape index (κ1) is 23.7. The van der Waals surface area contributed by atoms with Gasteiger partial charge in [0.1, 0.15) is 12.3 Å². The van der Waals surface area contributed by atoms with Crippen LogP contribution in [0.4, 0.5) is 0 Å². The molecule has 0 aliphatic carbocycles. The smallest absolute Gasteiger partial charge is 0.204 e. The third-order valence-electron chi connectivity index (χ3n) is 5.28. The van der Waals surface area contributed by atoms with Gasteiger partial charge in [-0.3, -0.25) is 9.36 Å². The van der Waals surface area contributed by atoms with E-state index in [1.165, 1.54) is 23.7 Å². The maximum atomic E-state index is 13.0. The molecule has 0 spiro atoms. The van der Waals surface area contributed by atoms with E-state index in [9.17, 15) is 4.79 Å². The number of benzene rings is 3. The maximum Gasteiger partial charge on any atom is 0.204 e. The Morgan fingerprint density at radius 3 is 2.47 bits per heavy atom. The van der Waals surface area contributed by atoms with Gasteiger partial charge in [-0.05, 0) is 35.5 Å². The molecule has 2 aromatic heterocycles. The molecule has 11 heteroatoms. The molecule has 0 radical (unpaired) electrons. The molecule has 0 aliphatic heterocycles. The van der Waals surface area contributed by atoms with Gasteiger partial charge in [-0.1, -0.05) is 71.9 Å². The summed E-state index contributed by atoms with van der Waals surface area (Å²) >= 11 is 7.38. The molecule has 180 valence electrons. The number of hydrogen-bond donors (Lipinski definition) is 0. The summed E-state index contributed by atoms with van der Waals surface area (Å²) in [4.78, 5) is 14.5. The largest absolute Gasteiger partial charge is 0.496 e. The van der Waals surface area contributed by atoms with Crippen molar-refractivity contribution in [3.8, 4) is 22.8 Å². The van der Waals surface area contributed by atoms with Crippen molar-refractivity contribution in [2.75, 3.05) is 12.9 Å². The normalized spacial score (nSPS) is 10.9. The number of halogens is 1. The van der Waals surface area contributed by atoms with E-state index in [0.29, 0.717) is 33.1 Å². The molecular formula is C25H20ClN7O2S. The lowest BCUT2D eigenvalue weighted by Crippen LogP contribution is -2.11. The average Bonchev–Trinajstić information content (AvgIpc) is 3.55. The fourth-order valence-electron chi connectivity index (χ4n) is 3.58. The first-order chi connectivity index (χ1) is 17.6. The zero-order valence-electron chi connectivity index (χ0n) is 19.2. The minimum absolute atomic E-state index is 0.126. The number of thioether (sulfide) groups is 1. The number of aromatic nitrogens is 7. The van der Waals surface area contributed by atoms with Crippen LogP contribution in [0.15, 0.2) is 84.0 Å². The summed E-state index contributed by atoms with van der Waals surface area (Å²) in [5.74, 6) is 1.60. The molecule has 0 saturated heterocycles. The van der Waals surface area contributed by atoms with Crippen molar-refractivity contribution < 1.29 is 9.53 Å². The Morgan fingerprint density at radius 2 is 1.72 bits per heavy atom. The predicted octanol–water partition coefficient (Wildman–Crippen LogP) is 4.61. The fourth-order valence-corrected chi connectivity index (χ4v) is 4.60. The van der Waals surface area contributed by atoms with Crippen LogP contribution in [0.25, 0.3) is 17.1 Å². The molecule has 5 aromatic rings. The van der Waals surface area contributed by atoms with Crippen molar-refractivity contribution in [3.05, 3.63) is 95.3 Å². The summed E-state index contributed by atoms with van der Waals surface area (Å²) in [6, 6.07) is 24.3. The first-order valence-electron chi connectivity index (χ1n) is 10.9. The topological polar surface area (TPSA) is 101 Å². The van der Waals surface area contributed by atoms with Crippen molar-refractivity contribution in [2.45, 2.75) is 11.7 Å². The van der Waals surface area contributed by atoms with E-state index in [2.05, 4.69) is 25.6 Å². The molecule has 0 unspecified atom stereocenters. The number of carbonyl (C=O) groups is 1. The molecule has 3 aromatic carbocycles. The second-order valence-corrected chi connectivity index (χ2v) is 9.01. The van der Waals surface area contributed by atoms with Crippen LogP contribution in [0.2, 0.25) is 5.02 Å². The highest BCUT2D eigenvalue weighted by atomic mass is 35.5. The number of nitrogens with zero attached hydrogens (tertiary/aromatic N) is 7. The van der Waals surface area contributed by atoms with Crippen LogP contribution in [-0.2, 0) is 6.54 Å². The standard InChI is InChI=1S/C25H20ClN7O2S/c1-35-22-13-12-18(26)14-20(22)21(34)16-36-25-29-27-23(33(25)19-10-6-3-7-11-19)15-32-30-24(28-31-32)17-8-4-2-5-9-17/h2-14H,15-16H2,1H3. The molecular weight excluding hydrogens is 498 g/mol. The number of methoxy groups -OCH3 is 1. The van der Waals surface area contributed by atoms with Gasteiger partial charge in [0.15, 0.2) is 16.8 Å². The molecule has 9 nitrogen and oxygen atoms in total. The quantitative estimate of drug-likeness (QED) is 0.206. The molecule has 0 atom stereocenters. The third-order valence-corrected chi connectivity index (χ3v) is 6.44. The van der Waals surface area contributed by atoms with Gasteiger partial charge in [0.25, 0.3) is 0 Å². The minimum atomic E-state index is -0.131. The van der Waals surface area contributed by atoms with Crippen LogP contribution < -0.4 is 4.74 Å². The number of ether oxygens (including phenoxy) is 1. The third kappa shape index (κ3) is 5.14. The molecule has 36 heavy (non-hydrogen) atoms. The average molecular weight is 518 g/mol. The lowest BCUT2D eigenvalue weighted by Gasteiger charge is -2.10. The van der Waals surface area contributed by atoms with Gasteiger partial charge >= 0.3 is 0 Å². The van der Waals surface area contributed by atoms with Gasteiger partial charge in [0.05, 0.1) is 18.4 Å². The van der Waals surface area contributed by atoms with Gasteiger partial charge in [0, 0.05) is 16.3 Å². The highest BCUT2D eigenvalue weighted by Gasteiger charge is 2.19. The molecule has 5 rings (SSSR count). The monoisotopic (exact) mass is 517 g/mol. The van der Waals surface area contributed by atoms with E-state index in [4.69, 9.17) is 16.3 Å². The van der Waals surface area contributed by atoms with Crippen molar-refractivity contribution in [1.29, 1.82) is 0 Å². The van der Waals surface area contributed by atoms with Crippen molar-refractivity contribution >= 4 is 29.1 Å². The number of Topliss-reactive ketones (excluding diaryl/α,β-unsaturated/α-hetero) is 1. The summed E-state index contributed by atoms with van der Waals surface area (Å²) < 4.78 is 7.21. The molecule has 2 heterocycles. The minimum Gasteiger partial charge on any atom is -0.496 e. The van der Waals surface area contributed by atoms with Crippen LogP contribution in [0.5, 0.6) is 5.75 Å². The van der Waals surface area contributed by atoms with Crippen LogP contribution in [-0.4, -0.2) is 53.6 Å². The number of rotatable bonds is 9. The Hall–Kier alpha value is -4.02. The SMILES string of the molecule is COc1ccc(Cl)cc1C(=O)CSc1nnc(Cn2nnc(-c3ccccc3)n2)n1-c1ccccc1. The Morgan fingerprint density at radius 1 is 0.972 bits per heavy atom. The van der Waals surface area contributed by atoms with Gasteiger partial charge in [0.2, 0.25) is 5.82 Å². The lowest BCUT2D eigenvalue weighted by atomic mass is 10.1. The number of carbonyl (C=O) groups excluding carboxylic acids is 1. The molecule has 0 aliphatic rings. The second-order valence-electron chi connectivity index (χ2n) is 7.64. The van der Waals surface area contributed by atoms with E-state index in [0.717, 1.165) is 11.3 Å². The van der Waals surface area contributed by atoms with Gasteiger partial charge in [-0.2, -0.15) is 4.80 Å². The summed E-state index contributed by atoms with van der Waals surface area (Å²) in [5, 5.41) is 22.6. The number of para-hydroxylation sites is 1. The highest BCUT2D eigenvalue weighted by Crippen LogP contribution is 2.27. The van der Waals surface area contributed by atoms with Crippen LogP contribution in [0.3, 0.4) is 0 Å². The Bertz CT molecular complexity index is 1490. The predicted molar refractivity (Wildman–Crippen MR) is 137 cm³/mol. The number of ketones is 1. The van der Waals surface area contributed by atoms with Crippen molar-refractivity contribution in [2.24, 2.45) is 0 Å². The zero-order valence-corrected chi connectivity index (χ0v) is 20.7. The molecule has 0 N–H and O–H groups in total. The van der Waals surface area contributed by atoms with E-state index in [1.54, 1.807) is 18.2 Å². The van der Waals surface area contributed by atoms with E-state index in [1.807, 2.05) is 65.2 Å².